The van der Waals surface area contributed by atoms with Crippen molar-refractivity contribution in [2.45, 2.75) is 0 Å². The molecule has 0 atom stereocenters. The number of aryl methyl sites for hydroxylation is 2. The van der Waals surface area contributed by atoms with Crippen LogP contribution in [0.3, 0.4) is 0 Å². The molecule has 0 radical (unpaired) electrons. The van der Waals surface area contributed by atoms with Crippen molar-refractivity contribution in [3.63, 3.8) is 0 Å². The first-order valence-corrected chi connectivity index (χ1v) is 13.3. The molecule has 8 heteroatoms. The van der Waals surface area contributed by atoms with Gasteiger partial charge in [-0.2, -0.15) is 9.13 Å². The molecule has 0 aromatic carbocycles. The molecular weight excluding hydrogens is 484 g/mol. The van der Waals surface area contributed by atoms with Gasteiger partial charge in [0, 0.05) is 33.2 Å². The molecule has 2 aliphatic heterocycles. The highest BCUT2D eigenvalue weighted by Gasteiger charge is 2.18. The first kappa shape index (κ1) is 21.2. The number of nitrogens with zero attached hydrogens (tertiary/aromatic N) is 4. The molecule has 0 aliphatic carbocycles. The van der Waals surface area contributed by atoms with Crippen LogP contribution in [0.4, 0.5) is 0 Å². The predicted molar refractivity (Wildman–Crippen MR) is 148 cm³/mol. The molecule has 36 heavy (non-hydrogen) atoms. The molecule has 7 rings (SSSR count). The highest BCUT2D eigenvalue weighted by atomic mass is 32.1. The summed E-state index contributed by atoms with van der Waals surface area (Å²) in [4.78, 5) is 19.5. The minimum atomic E-state index is 0.911. The van der Waals surface area contributed by atoms with Gasteiger partial charge in [-0.25, -0.2) is 9.97 Å². The maximum atomic E-state index is 4.99. The zero-order chi connectivity index (χ0) is 24.2. The summed E-state index contributed by atoms with van der Waals surface area (Å²) in [6.45, 7) is 0. The van der Waals surface area contributed by atoms with Gasteiger partial charge >= 0.3 is 0 Å². The summed E-state index contributed by atoms with van der Waals surface area (Å²) in [6, 6.07) is 12.7. The van der Waals surface area contributed by atoms with Crippen molar-refractivity contribution in [3.8, 4) is 20.9 Å². The molecule has 2 aliphatic rings. The Hall–Kier alpha value is -4.14. The summed E-state index contributed by atoms with van der Waals surface area (Å²) in [6.07, 6.45) is 12.6. The highest BCUT2D eigenvalue weighted by Crippen LogP contribution is 2.34. The third kappa shape index (κ3) is 3.71. The van der Waals surface area contributed by atoms with E-state index in [1.165, 1.54) is 4.88 Å². The van der Waals surface area contributed by atoms with Crippen molar-refractivity contribution in [1.29, 1.82) is 0 Å². The van der Waals surface area contributed by atoms with Crippen LogP contribution in [0.15, 0.2) is 59.8 Å². The fourth-order valence-corrected chi connectivity index (χ4v) is 6.41. The van der Waals surface area contributed by atoms with E-state index in [1.54, 1.807) is 22.7 Å². The summed E-state index contributed by atoms with van der Waals surface area (Å²) in [5.74, 6) is 0. The monoisotopic (exact) mass is 506 g/mol. The average molecular weight is 507 g/mol. The van der Waals surface area contributed by atoms with Crippen LogP contribution in [0.5, 0.6) is 0 Å². The Labute approximate surface area is 215 Å². The standard InChI is InChI=1S/C28H22N6S2/c1-33-13-25(35-15-33)27-21-7-3-17(29-21)11-19-5-9-23(31-19)28(26-14-34(2)16-36-26)24-10-6-20(32-24)12-18-4-8-22(27)30-18/h3-16,29-30H,1-2H3/q+2. The van der Waals surface area contributed by atoms with Crippen LogP contribution in [0.2, 0.25) is 0 Å². The second kappa shape index (κ2) is 8.22. The van der Waals surface area contributed by atoms with Crippen molar-refractivity contribution >= 4 is 69.0 Å². The van der Waals surface area contributed by atoms with Gasteiger partial charge in [-0.3, -0.25) is 0 Å². The number of nitrogens with one attached hydrogen (secondary N) is 2. The molecule has 0 amide bonds. The predicted octanol–water partition coefficient (Wildman–Crippen LogP) is 5.76. The van der Waals surface area contributed by atoms with Crippen LogP contribution in [0.1, 0.15) is 22.8 Å². The summed E-state index contributed by atoms with van der Waals surface area (Å²) in [7, 11) is 4.09. The molecule has 6 nitrogen and oxygen atoms in total. The van der Waals surface area contributed by atoms with Crippen LogP contribution in [0, 0.1) is 0 Å². The molecule has 8 bridgehead atoms. The molecule has 0 saturated heterocycles. The summed E-state index contributed by atoms with van der Waals surface area (Å²) in [5.41, 5.74) is 14.2. The van der Waals surface area contributed by atoms with E-state index in [0.29, 0.717) is 0 Å². The van der Waals surface area contributed by atoms with Crippen molar-refractivity contribution < 1.29 is 9.13 Å². The van der Waals surface area contributed by atoms with Gasteiger partial charge in [0.25, 0.3) is 0 Å². The van der Waals surface area contributed by atoms with Crippen molar-refractivity contribution in [1.82, 2.24) is 19.9 Å². The molecule has 174 valence electrons. The van der Waals surface area contributed by atoms with E-state index in [-0.39, 0.29) is 0 Å². The molecular formula is C28H22N6S2+2. The van der Waals surface area contributed by atoms with Crippen LogP contribution >= 0.6 is 22.7 Å². The zero-order valence-electron chi connectivity index (χ0n) is 19.7. The molecule has 0 unspecified atom stereocenters. The number of H-pyrrole nitrogens is 2. The lowest BCUT2D eigenvalue weighted by atomic mass is 10.1. The maximum absolute atomic E-state index is 4.99. The molecule has 5 aromatic rings. The second-order valence-corrected chi connectivity index (χ2v) is 10.7. The smallest absolute Gasteiger partial charge is 0.225 e. The van der Waals surface area contributed by atoms with E-state index in [2.05, 4.69) is 110 Å². The third-order valence-electron chi connectivity index (χ3n) is 6.22. The Balaban J connectivity index is 1.58. The Bertz CT molecular complexity index is 1780. The van der Waals surface area contributed by atoms with Gasteiger partial charge in [-0.05, 0) is 60.7 Å². The van der Waals surface area contributed by atoms with E-state index in [1.807, 2.05) is 7.05 Å². The fraction of sp³-hybridized carbons (Fsp3) is 0.0714. The van der Waals surface area contributed by atoms with E-state index in [9.17, 15) is 0 Å². The quantitative estimate of drug-likeness (QED) is 0.293. The SMILES string of the molecule is C[n+]1csc(-c2c3nc(cc4ccc([nH]4)c(-c4c[n+](C)cs4)c4ccc(cc5nc2C=C5)[nH]4)C=C3)c1. The number of aromatic nitrogens is 6. The molecule has 0 saturated carbocycles. The number of thiazole rings is 2. The van der Waals surface area contributed by atoms with E-state index >= 15 is 0 Å². The molecule has 0 spiro atoms. The Morgan fingerprint density at radius 2 is 1.14 bits per heavy atom. The van der Waals surface area contributed by atoms with Crippen LogP contribution in [-0.2, 0) is 14.1 Å². The normalized spacial score (nSPS) is 12.5. The Morgan fingerprint density at radius 3 is 1.61 bits per heavy atom. The number of fused-ring (bicyclic) bond motifs is 8. The van der Waals surface area contributed by atoms with E-state index in [4.69, 9.17) is 9.97 Å². The molecule has 7 heterocycles. The van der Waals surface area contributed by atoms with Gasteiger partial charge in [0.05, 0.1) is 22.8 Å². The van der Waals surface area contributed by atoms with Crippen LogP contribution in [-0.4, -0.2) is 19.9 Å². The summed E-state index contributed by atoms with van der Waals surface area (Å²) >= 11 is 3.42. The van der Waals surface area contributed by atoms with Gasteiger partial charge in [-0.15, -0.1) is 0 Å². The summed E-state index contributed by atoms with van der Waals surface area (Å²) < 4.78 is 4.16. The minimum Gasteiger partial charge on any atom is -0.355 e. The Kier molecular flexibility index (Phi) is 4.83. The third-order valence-corrected chi connectivity index (χ3v) is 8.23. The maximum Gasteiger partial charge on any atom is 0.225 e. The lowest BCUT2D eigenvalue weighted by Crippen LogP contribution is -2.22. The van der Waals surface area contributed by atoms with Gasteiger partial charge < -0.3 is 9.97 Å². The number of hydrogen-bond acceptors (Lipinski definition) is 4. The molecule has 0 fully saturated rings. The largest absolute Gasteiger partial charge is 0.355 e. The summed E-state index contributed by atoms with van der Waals surface area (Å²) in [5, 5.41) is 0. The lowest BCUT2D eigenvalue weighted by molar-refractivity contribution is -0.666. The molecule has 2 N–H and O–H groups in total. The number of rotatable bonds is 2. The first-order chi connectivity index (χ1) is 17.6. The van der Waals surface area contributed by atoms with E-state index < -0.39 is 0 Å². The fourth-order valence-electron chi connectivity index (χ4n) is 4.61. The minimum absolute atomic E-state index is 0.911. The van der Waals surface area contributed by atoms with Crippen LogP contribution < -0.4 is 9.13 Å². The van der Waals surface area contributed by atoms with Gasteiger partial charge in [0.15, 0.2) is 12.4 Å². The Morgan fingerprint density at radius 1 is 0.639 bits per heavy atom. The molecule has 5 aromatic heterocycles. The second-order valence-electron chi connectivity index (χ2n) is 8.97. The van der Waals surface area contributed by atoms with Gasteiger partial charge in [0.2, 0.25) is 11.0 Å². The van der Waals surface area contributed by atoms with Crippen molar-refractivity contribution in [2.24, 2.45) is 14.1 Å². The topological polar surface area (TPSA) is 65.1 Å². The van der Waals surface area contributed by atoms with E-state index in [0.717, 1.165) is 60.8 Å². The van der Waals surface area contributed by atoms with Gasteiger partial charge in [0.1, 0.15) is 23.8 Å². The van der Waals surface area contributed by atoms with Gasteiger partial charge in [-0.1, -0.05) is 22.7 Å². The highest BCUT2D eigenvalue weighted by molar-refractivity contribution is 7.13. The average Bonchev–Trinajstić information content (AvgIpc) is 3.67. The number of hydrogen-bond donors (Lipinski definition) is 2. The first-order valence-electron chi connectivity index (χ1n) is 11.6. The lowest BCUT2D eigenvalue weighted by Gasteiger charge is -1.99. The van der Waals surface area contributed by atoms with Crippen molar-refractivity contribution in [2.75, 3.05) is 0 Å². The number of aromatic amines is 2. The zero-order valence-corrected chi connectivity index (χ0v) is 21.3. The van der Waals surface area contributed by atoms with Crippen LogP contribution in [0.25, 0.3) is 67.3 Å². The van der Waals surface area contributed by atoms with Crippen molar-refractivity contribution in [3.05, 3.63) is 82.6 Å².